The minimum absolute atomic E-state index is 0.266. The molecule has 0 radical (unpaired) electrons. The molecule has 1 atom stereocenters. The van der Waals surface area contributed by atoms with Crippen LogP contribution in [-0.2, 0) is 0 Å². The number of nitrogens with one attached hydrogen (secondary N) is 1. The number of rotatable bonds is 6. The van der Waals surface area contributed by atoms with Crippen LogP contribution in [0.15, 0.2) is 0 Å². The minimum Gasteiger partial charge on any atom is -0.395 e. The average Bonchev–Trinajstić information content (AvgIpc) is 2.29. The number of β-amino-alcohol motifs (C(OH)–C–C–N with tert-alkyl or cyclic N) is 1. The zero-order chi connectivity index (χ0) is 11.8. The lowest BCUT2D eigenvalue weighted by Crippen LogP contribution is -2.40. The molecule has 0 spiro atoms. The summed E-state index contributed by atoms with van der Waals surface area (Å²) < 4.78 is 0. The predicted molar refractivity (Wildman–Crippen MR) is 63.9 cm³/mol. The molecule has 0 aromatic carbocycles. The Kier molecular flexibility index (Phi) is 6.39. The molecule has 0 saturated carbocycles. The molecule has 1 aliphatic rings. The van der Waals surface area contributed by atoms with Gasteiger partial charge in [-0.3, -0.25) is 0 Å². The number of hydrogen-bond donors (Lipinski definition) is 2. The SMILES string of the molecule is C[C@@H](CC#N)NCC1CCN(CCO)CC1. The smallest absolute Gasteiger partial charge is 0.0638 e. The lowest BCUT2D eigenvalue weighted by molar-refractivity contribution is 0.146. The van der Waals surface area contributed by atoms with Crippen LogP contribution in [0.1, 0.15) is 26.2 Å². The molecule has 0 aromatic rings. The topological polar surface area (TPSA) is 59.3 Å². The van der Waals surface area contributed by atoms with Crippen LogP contribution in [0.3, 0.4) is 0 Å². The zero-order valence-electron chi connectivity index (χ0n) is 10.2. The van der Waals surface area contributed by atoms with Gasteiger partial charge in [-0.15, -0.1) is 0 Å². The van der Waals surface area contributed by atoms with Gasteiger partial charge in [-0.25, -0.2) is 0 Å². The Morgan fingerprint density at radius 2 is 2.19 bits per heavy atom. The molecule has 1 fully saturated rings. The van der Waals surface area contributed by atoms with E-state index in [1.54, 1.807) is 0 Å². The van der Waals surface area contributed by atoms with Crippen LogP contribution in [0.5, 0.6) is 0 Å². The molecular formula is C12H23N3O. The highest BCUT2D eigenvalue weighted by Crippen LogP contribution is 2.16. The maximum atomic E-state index is 8.83. The highest BCUT2D eigenvalue weighted by molar-refractivity contribution is 4.80. The van der Waals surface area contributed by atoms with E-state index in [4.69, 9.17) is 10.4 Å². The van der Waals surface area contributed by atoms with E-state index in [0.717, 1.165) is 32.1 Å². The molecule has 1 aliphatic heterocycles. The van der Waals surface area contributed by atoms with Gasteiger partial charge in [0.05, 0.1) is 19.1 Å². The molecule has 0 aromatic heterocycles. The molecule has 16 heavy (non-hydrogen) atoms. The molecule has 92 valence electrons. The monoisotopic (exact) mass is 225 g/mol. The average molecular weight is 225 g/mol. The molecule has 0 bridgehead atoms. The van der Waals surface area contributed by atoms with Crippen molar-refractivity contribution in [3.05, 3.63) is 0 Å². The summed E-state index contributed by atoms with van der Waals surface area (Å²) in [7, 11) is 0. The second kappa shape index (κ2) is 7.61. The molecule has 1 saturated heterocycles. The standard InChI is InChI=1S/C12H23N3O/c1-11(2-5-13)14-10-12-3-6-15(7-4-12)8-9-16/h11-12,14,16H,2-4,6-10H2,1H3/t11-/m0/s1. The largest absolute Gasteiger partial charge is 0.395 e. The first kappa shape index (κ1) is 13.4. The summed E-state index contributed by atoms with van der Waals surface area (Å²) in [5.41, 5.74) is 0. The van der Waals surface area contributed by atoms with Crippen LogP contribution in [-0.4, -0.2) is 48.8 Å². The normalized spacial score (nSPS) is 20.6. The van der Waals surface area contributed by atoms with Crippen molar-refractivity contribution in [3.8, 4) is 6.07 Å². The van der Waals surface area contributed by atoms with E-state index < -0.39 is 0 Å². The van der Waals surface area contributed by atoms with Crippen molar-refractivity contribution in [2.75, 3.05) is 32.8 Å². The molecule has 0 amide bonds. The Balaban J connectivity index is 2.10. The predicted octanol–water partition coefficient (Wildman–Crippen LogP) is 0.582. The summed E-state index contributed by atoms with van der Waals surface area (Å²) in [5, 5.41) is 20.8. The molecular weight excluding hydrogens is 202 g/mol. The fourth-order valence-corrected chi connectivity index (χ4v) is 2.13. The van der Waals surface area contributed by atoms with Gasteiger partial charge in [-0.1, -0.05) is 0 Å². The van der Waals surface area contributed by atoms with Gasteiger partial charge in [0.15, 0.2) is 0 Å². The summed E-state index contributed by atoms with van der Waals surface area (Å²) in [5.74, 6) is 0.732. The fourth-order valence-electron chi connectivity index (χ4n) is 2.13. The first-order valence-corrected chi connectivity index (χ1v) is 6.19. The second-order valence-corrected chi connectivity index (χ2v) is 4.68. The molecule has 4 nitrogen and oxygen atoms in total. The van der Waals surface area contributed by atoms with Gasteiger partial charge in [0.2, 0.25) is 0 Å². The second-order valence-electron chi connectivity index (χ2n) is 4.68. The van der Waals surface area contributed by atoms with Crippen molar-refractivity contribution in [2.45, 2.75) is 32.2 Å². The van der Waals surface area contributed by atoms with Crippen LogP contribution < -0.4 is 5.32 Å². The van der Waals surface area contributed by atoms with Crippen molar-refractivity contribution in [3.63, 3.8) is 0 Å². The Hall–Kier alpha value is -0.630. The number of nitriles is 1. The Morgan fingerprint density at radius 1 is 1.50 bits per heavy atom. The summed E-state index contributed by atoms with van der Waals surface area (Å²) in [4.78, 5) is 2.31. The molecule has 0 aliphatic carbocycles. The summed E-state index contributed by atoms with van der Waals surface area (Å²) in [6, 6.07) is 2.49. The van der Waals surface area contributed by atoms with Crippen molar-refractivity contribution in [2.24, 2.45) is 5.92 Å². The Morgan fingerprint density at radius 3 is 2.75 bits per heavy atom. The van der Waals surface area contributed by atoms with Gasteiger partial charge < -0.3 is 15.3 Å². The van der Waals surface area contributed by atoms with Crippen molar-refractivity contribution >= 4 is 0 Å². The Labute approximate surface area is 98.2 Å². The van der Waals surface area contributed by atoms with E-state index >= 15 is 0 Å². The van der Waals surface area contributed by atoms with Gasteiger partial charge in [0.25, 0.3) is 0 Å². The quantitative estimate of drug-likeness (QED) is 0.694. The summed E-state index contributed by atoms with van der Waals surface area (Å²) in [6.07, 6.45) is 2.99. The number of nitrogens with zero attached hydrogens (tertiary/aromatic N) is 2. The summed E-state index contributed by atoms with van der Waals surface area (Å²) >= 11 is 0. The number of aliphatic hydroxyl groups excluding tert-OH is 1. The first-order chi connectivity index (χ1) is 7.76. The summed E-state index contributed by atoms with van der Waals surface area (Å²) in [6.45, 7) is 6.35. The van der Waals surface area contributed by atoms with E-state index in [1.807, 2.05) is 0 Å². The minimum atomic E-state index is 0.266. The van der Waals surface area contributed by atoms with E-state index in [2.05, 4.69) is 23.2 Å². The fraction of sp³-hybridized carbons (Fsp3) is 0.917. The van der Waals surface area contributed by atoms with E-state index in [9.17, 15) is 0 Å². The number of piperidine rings is 1. The lowest BCUT2D eigenvalue weighted by atomic mass is 9.96. The first-order valence-electron chi connectivity index (χ1n) is 6.19. The van der Waals surface area contributed by atoms with Gasteiger partial charge >= 0.3 is 0 Å². The number of hydrogen-bond acceptors (Lipinski definition) is 4. The third-order valence-corrected chi connectivity index (χ3v) is 3.28. The number of likely N-dealkylation sites (tertiary alicyclic amines) is 1. The molecule has 4 heteroatoms. The van der Waals surface area contributed by atoms with E-state index in [1.165, 1.54) is 12.8 Å². The van der Waals surface area contributed by atoms with E-state index in [-0.39, 0.29) is 6.61 Å². The van der Waals surface area contributed by atoms with Crippen molar-refractivity contribution in [1.82, 2.24) is 10.2 Å². The van der Waals surface area contributed by atoms with Crippen molar-refractivity contribution < 1.29 is 5.11 Å². The Bertz CT molecular complexity index is 219. The lowest BCUT2D eigenvalue weighted by Gasteiger charge is -2.32. The molecule has 1 rings (SSSR count). The van der Waals surface area contributed by atoms with Crippen LogP contribution in [0.2, 0.25) is 0 Å². The highest BCUT2D eigenvalue weighted by Gasteiger charge is 2.18. The van der Waals surface area contributed by atoms with Crippen molar-refractivity contribution in [1.29, 1.82) is 5.26 Å². The van der Waals surface area contributed by atoms with E-state index in [0.29, 0.717) is 12.5 Å². The van der Waals surface area contributed by atoms with Gasteiger partial charge in [-0.2, -0.15) is 5.26 Å². The maximum absolute atomic E-state index is 8.83. The third kappa shape index (κ3) is 4.93. The zero-order valence-corrected chi connectivity index (χ0v) is 10.2. The van der Waals surface area contributed by atoms with Gasteiger partial charge in [-0.05, 0) is 45.3 Å². The molecule has 2 N–H and O–H groups in total. The van der Waals surface area contributed by atoms with Crippen LogP contribution in [0.25, 0.3) is 0 Å². The molecule has 0 unspecified atom stereocenters. The third-order valence-electron chi connectivity index (χ3n) is 3.28. The van der Waals surface area contributed by atoms with Gasteiger partial charge in [0.1, 0.15) is 0 Å². The van der Waals surface area contributed by atoms with Crippen LogP contribution >= 0.6 is 0 Å². The number of aliphatic hydroxyl groups is 1. The van der Waals surface area contributed by atoms with Crippen LogP contribution in [0, 0.1) is 17.2 Å². The maximum Gasteiger partial charge on any atom is 0.0638 e. The van der Waals surface area contributed by atoms with Crippen LogP contribution in [0.4, 0.5) is 0 Å². The van der Waals surface area contributed by atoms with Gasteiger partial charge in [0, 0.05) is 12.6 Å². The highest BCUT2D eigenvalue weighted by atomic mass is 16.3. The molecule has 1 heterocycles.